The summed E-state index contributed by atoms with van der Waals surface area (Å²) < 4.78 is 1.95. The summed E-state index contributed by atoms with van der Waals surface area (Å²) in [6.07, 6.45) is 7.03. The van der Waals surface area contributed by atoms with E-state index >= 15 is 0 Å². The van der Waals surface area contributed by atoms with E-state index in [1.54, 1.807) is 6.20 Å². The molecule has 2 aromatic heterocycles. The highest BCUT2D eigenvalue weighted by Gasteiger charge is 2.48. The molecule has 1 aliphatic heterocycles. The van der Waals surface area contributed by atoms with Gasteiger partial charge in [0.1, 0.15) is 0 Å². The number of hydrogen-bond donors (Lipinski definition) is 0. The van der Waals surface area contributed by atoms with Crippen LogP contribution in [0.1, 0.15) is 34.9 Å². The third kappa shape index (κ3) is 2.58. The third-order valence-electron chi connectivity index (χ3n) is 4.85. The first-order chi connectivity index (χ1) is 10.7. The number of thiophene rings is 1. The van der Waals surface area contributed by atoms with E-state index in [0.29, 0.717) is 17.9 Å². The van der Waals surface area contributed by atoms with Gasteiger partial charge >= 0.3 is 0 Å². The van der Waals surface area contributed by atoms with Crippen LogP contribution in [-0.2, 0) is 11.3 Å². The molecule has 2 aromatic rings. The number of aromatic nitrogens is 2. The summed E-state index contributed by atoms with van der Waals surface area (Å²) in [5, 5.41) is 4.28. The van der Waals surface area contributed by atoms with Crippen molar-refractivity contribution in [2.45, 2.75) is 44.7 Å². The quantitative estimate of drug-likeness (QED) is 0.870. The Kier molecular flexibility index (Phi) is 3.53. The molecule has 2 fully saturated rings. The van der Waals surface area contributed by atoms with Crippen molar-refractivity contribution in [3.05, 3.63) is 40.3 Å². The molecule has 22 heavy (non-hydrogen) atoms. The number of likely N-dealkylation sites (tertiary alicyclic amines) is 1. The number of nitrogens with zero attached hydrogens (tertiary/aromatic N) is 3. The van der Waals surface area contributed by atoms with Crippen LogP contribution in [0.3, 0.4) is 0 Å². The molecule has 116 valence electrons. The van der Waals surface area contributed by atoms with Gasteiger partial charge < -0.3 is 4.90 Å². The van der Waals surface area contributed by atoms with Crippen molar-refractivity contribution in [3.8, 4) is 0 Å². The van der Waals surface area contributed by atoms with E-state index in [1.165, 1.54) is 9.75 Å². The molecule has 0 radical (unpaired) electrons. The second kappa shape index (κ2) is 5.54. The molecule has 1 saturated carbocycles. The average molecular weight is 315 g/mol. The fourth-order valence-corrected chi connectivity index (χ4v) is 4.64. The average Bonchev–Trinajstić information content (AvgIpc) is 2.91. The first-order valence-electron chi connectivity index (χ1n) is 8.06. The van der Waals surface area contributed by atoms with Crippen LogP contribution in [0, 0.1) is 12.8 Å². The van der Waals surface area contributed by atoms with E-state index in [9.17, 15) is 4.79 Å². The zero-order valence-electron chi connectivity index (χ0n) is 12.8. The largest absolute Gasteiger partial charge is 0.338 e. The Balaban J connectivity index is 1.42. The van der Waals surface area contributed by atoms with E-state index in [2.05, 4.69) is 29.1 Å². The summed E-state index contributed by atoms with van der Waals surface area (Å²) >= 11 is 1.84. The Morgan fingerprint density at radius 2 is 2.36 bits per heavy atom. The molecule has 5 heteroatoms. The number of amides is 1. The molecule has 0 spiro atoms. The number of hydrogen-bond acceptors (Lipinski definition) is 3. The van der Waals surface area contributed by atoms with Gasteiger partial charge in [-0.15, -0.1) is 11.3 Å². The molecular formula is C17H21N3OS. The summed E-state index contributed by atoms with van der Waals surface area (Å²) in [4.78, 5) is 17.7. The first-order valence-corrected chi connectivity index (χ1v) is 8.88. The van der Waals surface area contributed by atoms with Crippen LogP contribution in [0.4, 0.5) is 0 Å². The van der Waals surface area contributed by atoms with Crippen molar-refractivity contribution in [2.75, 3.05) is 6.54 Å². The molecule has 0 aromatic carbocycles. The molecular weight excluding hydrogens is 294 g/mol. The maximum Gasteiger partial charge on any atom is 0.226 e. The molecule has 3 atom stereocenters. The molecule has 1 aliphatic carbocycles. The van der Waals surface area contributed by atoms with Crippen molar-refractivity contribution in [2.24, 2.45) is 5.92 Å². The van der Waals surface area contributed by atoms with Crippen molar-refractivity contribution in [1.82, 2.24) is 14.7 Å². The Hall–Kier alpha value is -1.62. The van der Waals surface area contributed by atoms with Crippen LogP contribution in [0.2, 0.25) is 0 Å². The normalized spacial score (nSPS) is 27.3. The minimum atomic E-state index is 0.219. The minimum Gasteiger partial charge on any atom is -0.338 e. The summed E-state index contributed by atoms with van der Waals surface area (Å²) in [6, 6.07) is 6.62. The highest BCUT2D eigenvalue weighted by molar-refractivity contribution is 7.12. The van der Waals surface area contributed by atoms with Gasteiger partial charge in [0.25, 0.3) is 0 Å². The highest BCUT2D eigenvalue weighted by Crippen LogP contribution is 2.51. The lowest BCUT2D eigenvalue weighted by molar-refractivity contribution is -0.133. The molecule has 3 heterocycles. The predicted octanol–water partition coefficient (Wildman–Crippen LogP) is 3.05. The van der Waals surface area contributed by atoms with Gasteiger partial charge in [-0.25, -0.2) is 0 Å². The van der Waals surface area contributed by atoms with Crippen LogP contribution in [0.15, 0.2) is 30.6 Å². The lowest BCUT2D eigenvalue weighted by Crippen LogP contribution is -2.39. The maximum absolute atomic E-state index is 12.8. The third-order valence-corrected chi connectivity index (χ3v) is 5.98. The zero-order valence-corrected chi connectivity index (χ0v) is 13.6. The van der Waals surface area contributed by atoms with Crippen molar-refractivity contribution >= 4 is 17.2 Å². The predicted molar refractivity (Wildman–Crippen MR) is 86.9 cm³/mol. The Labute approximate surface area is 134 Å². The van der Waals surface area contributed by atoms with Crippen LogP contribution >= 0.6 is 11.3 Å². The molecule has 4 rings (SSSR count). The van der Waals surface area contributed by atoms with E-state index in [1.807, 2.05) is 28.3 Å². The molecule has 0 bridgehead atoms. The smallest absolute Gasteiger partial charge is 0.226 e. The zero-order chi connectivity index (χ0) is 15.1. The van der Waals surface area contributed by atoms with Gasteiger partial charge in [0.15, 0.2) is 0 Å². The van der Waals surface area contributed by atoms with E-state index in [0.717, 1.165) is 32.4 Å². The summed E-state index contributed by atoms with van der Waals surface area (Å²) in [6.45, 7) is 3.87. The Morgan fingerprint density at radius 1 is 1.45 bits per heavy atom. The van der Waals surface area contributed by atoms with Gasteiger partial charge in [-0.1, -0.05) is 0 Å². The van der Waals surface area contributed by atoms with Crippen LogP contribution < -0.4 is 0 Å². The van der Waals surface area contributed by atoms with Crippen molar-refractivity contribution < 1.29 is 4.79 Å². The first kappa shape index (κ1) is 14.0. The summed E-state index contributed by atoms with van der Waals surface area (Å²) in [7, 11) is 0. The lowest BCUT2D eigenvalue weighted by Gasteiger charge is -2.25. The Morgan fingerprint density at radius 3 is 3.09 bits per heavy atom. The van der Waals surface area contributed by atoms with E-state index in [-0.39, 0.29) is 5.92 Å². The van der Waals surface area contributed by atoms with Gasteiger partial charge in [0, 0.05) is 40.5 Å². The van der Waals surface area contributed by atoms with Gasteiger partial charge in [-0.2, -0.15) is 5.10 Å². The molecule has 1 saturated heterocycles. The number of aryl methyl sites for hydroxylation is 1. The summed E-state index contributed by atoms with van der Waals surface area (Å²) in [5.41, 5.74) is 0. The maximum atomic E-state index is 12.8. The molecule has 2 aliphatic rings. The lowest BCUT2D eigenvalue weighted by atomic mass is 10.2. The van der Waals surface area contributed by atoms with Crippen LogP contribution in [0.25, 0.3) is 0 Å². The van der Waals surface area contributed by atoms with Gasteiger partial charge in [-0.05, 0) is 44.4 Å². The van der Waals surface area contributed by atoms with Gasteiger partial charge in [0.2, 0.25) is 5.91 Å². The van der Waals surface area contributed by atoms with Crippen molar-refractivity contribution in [3.63, 3.8) is 0 Å². The van der Waals surface area contributed by atoms with E-state index < -0.39 is 0 Å². The van der Waals surface area contributed by atoms with E-state index in [4.69, 9.17) is 0 Å². The molecule has 0 unspecified atom stereocenters. The number of rotatable bonds is 4. The van der Waals surface area contributed by atoms with Crippen LogP contribution in [-0.4, -0.2) is 33.2 Å². The second-order valence-corrected chi connectivity index (χ2v) is 7.77. The SMILES string of the molecule is Cc1ccc([C@@H]2C[C@@H]2C(=O)N2CCC[C@H]2Cn2cccn2)s1. The minimum absolute atomic E-state index is 0.219. The topological polar surface area (TPSA) is 38.1 Å². The fraction of sp³-hybridized carbons (Fsp3) is 0.529. The molecule has 1 amide bonds. The highest BCUT2D eigenvalue weighted by atomic mass is 32.1. The van der Waals surface area contributed by atoms with Gasteiger partial charge in [-0.3, -0.25) is 9.48 Å². The monoisotopic (exact) mass is 315 g/mol. The molecule has 4 nitrogen and oxygen atoms in total. The fourth-order valence-electron chi connectivity index (χ4n) is 3.59. The summed E-state index contributed by atoms with van der Waals surface area (Å²) in [5.74, 6) is 1.05. The second-order valence-electron chi connectivity index (χ2n) is 6.45. The number of carbonyl (C=O) groups excluding carboxylic acids is 1. The molecule has 0 N–H and O–H groups in total. The standard InChI is InChI=1S/C17H21N3OS/c1-12-5-6-16(22-12)14-10-15(14)17(21)20-9-2-4-13(20)11-19-8-3-7-18-19/h3,5-8,13-15H,2,4,9-11H2,1H3/t13-,14+,15-/m0/s1. The Bertz CT molecular complexity index is 663. The number of carbonyl (C=O) groups is 1. The van der Waals surface area contributed by atoms with Crippen molar-refractivity contribution in [1.29, 1.82) is 0 Å². The van der Waals surface area contributed by atoms with Crippen LogP contribution in [0.5, 0.6) is 0 Å². The van der Waals surface area contributed by atoms with Gasteiger partial charge in [0.05, 0.1) is 12.6 Å².